The second-order valence-corrected chi connectivity index (χ2v) is 5.87. The monoisotopic (exact) mass is 290 g/mol. The molecule has 2 heteroatoms. The molecule has 0 spiro atoms. The average Bonchev–Trinajstić information content (AvgIpc) is 2.47. The first-order valence-corrected chi connectivity index (χ1v) is 7.92. The Morgan fingerprint density at radius 1 is 1.00 bits per heavy atom. The van der Waals surface area contributed by atoms with Crippen molar-refractivity contribution in [2.45, 2.75) is 44.9 Å². The Kier molecular flexibility index (Phi) is 5.87. The zero-order chi connectivity index (χ0) is 14.4. The number of hydrogen-bond acceptors (Lipinski definition) is 1. The molecule has 0 fully saturated rings. The Labute approximate surface area is 126 Å². The summed E-state index contributed by atoms with van der Waals surface area (Å²) in [6, 6.07) is 12.8. The molecule has 1 unspecified atom stereocenters. The van der Waals surface area contributed by atoms with Crippen molar-refractivity contribution in [3.8, 4) is 0 Å². The normalized spacial score (nSPS) is 12.8. The van der Waals surface area contributed by atoms with Gasteiger partial charge in [-0.3, -0.25) is 0 Å². The van der Waals surface area contributed by atoms with E-state index in [2.05, 4.69) is 31.2 Å². The molecule has 0 aromatic heterocycles. The van der Waals surface area contributed by atoms with Crippen LogP contribution in [0.25, 0.3) is 10.8 Å². The van der Waals surface area contributed by atoms with Crippen LogP contribution >= 0.6 is 11.6 Å². The first kappa shape index (κ1) is 15.3. The van der Waals surface area contributed by atoms with Crippen molar-refractivity contribution in [1.29, 1.82) is 0 Å². The van der Waals surface area contributed by atoms with Gasteiger partial charge in [-0.15, -0.1) is 0 Å². The fourth-order valence-electron chi connectivity index (χ4n) is 2.77. The molecule has 2 rings (SSSR count). The Hall–Kier alpha value is -1.05. The molecule has 0 aliphatic carbocycles. The first-order valence-electron chi connectivity index (χ1n) is 7.54. The summed E-state index contributed by atoms with van der Waals surface area (Å²) in [5.74, 6) is 0.619. The summed E-state index contributed by atoms with van der Waals surface area (Å²) >= 11 is 6.03. The molecular formula is C18H23ClO. The van der Waals surface area contributed by atoms with Crippen LogP contribution in [0.5, 0.6) is 0 Å². The van der Waals surface area contributed by atoms with E-state index in [9.17, 15) is 0 Å². The van der Waals surface area contributed by atoms with Gasteiger partial charge < -0.3 is 5.11 Å². The Balaban J connectivity index is 2.11. The molecule has 0 bridgehead atoms. The number of fused-ring (bicyclic) bond motifs is 1. The molecular weight excluding hydrogens is 268 g/mol. The van der Waals surface area contributed by atoms with Gasteiger partial charge in [-0.25, -0.2) is 0 Å². The number of unbranched alkanes of at least 4 members (excludes halogenated alkanes) is 2. The molecule has 0 saturated carbocycles. The number of halogens is 1. The molecule has 1 nitrogen and oxygen atoms in total. The van der Waals surface area contributed by atoms with Gasteiger partial charge in [0.1, 0.15) is 0 Å². The molecule has 20 heavy (non-hydrogen) atoms. The van der Waals surface area contributed by atoms with Crippen LogP contribution in [0.15, 0.2) is 36.4 Å². The second kappa shape index (κ2) is 7.66. The highest BCUT2D eigenvalue weighted by atomic mass is 35.5. The highest BCUT2D eigenvalue weighted by Crippen LogP contribution is 2.29. The zero-order valence-electron chi connectivity index (χ0n) is 12.1. The van der Waals surface area contributed by atoms with Crippen molar-refractivity contribution in [1.82, 2.24) is 0 Å². The van der Waals surface area contributed by atoms with E-state index in [1.54, 1.807) is 0 Å². The SMILES string of the molecule is CCC(CCCCCO)c1ccc2cc(Cl)ccc2c1. The summed E-state index contributed by atoms with van der Waals surface area (Å²) in [6.07, 6.45) is 5.61. The summed E-state index contributed by atoms with van der Waals surface area (Å²) in [5, 5.41) is 12.1. The lowest BCUT2D eigenvalue weighted by molar-refractivity contribution is 0.281. The van der Waals surface area contributed by atoms with Crippen molar-refractivity contribution in [2.75, 3.05) is 6.61 Å². The van der Waals surface area contributed by atoms with Crippen molar-refractivity contribution < 1.29 is 5.11 Å². The summed E-state index contributed by atoms with van der Waals surface area (Å²) < 4.78 is 0. The molecule has 0 amide bonds. The molecule has 0 saturated heterocycles. The van der Waals surface area contributed by atoms with E-state index in [0.717, 1.165) is 24.3 Å². The van der Waals surface area contributed by atoms with Crippen LogP contribution < -0.4 is 0 Å². The standard InChI is InChI=1S/C18H23ClO/c1-2-14(6-4-3-5-11-20)15-7-8-17-13-18(19)10-9-16(17)12-15/h7-10,12-14,20H,2-6,11H2,1H3. The van der Waals surface area contributed by atoms with E-state index in [4.69, 9.17) is 16.7 Å². The van der Waals surface area contributed by atoms with Crippen LogP contribution in [0.4, 0.5) is 0 Å². The second-order valence-electron chi connectivity index (χ2n) is 5.43. The fourth-order valence-corrected chi connectivity index (χ4v) is 2.96. The van der Waals surface area contributed by atoms with E-state index in [1.807, 2.05) is 12.1 Å². The smallest absolute Gasteiger partial charge is 0.0431 e. The third-order valence-electron chi connectivity index (χ3n) is 4.00. The van der Waals surface area contributed by atoms with Gasteiger partial charge in [0.2, 0.25) is 0 Å². The fraction of sp³-hybridized carbons (Fsp3) is 0.444. The maximum absolute atomic E-state index is 8.84. The van der Waals surface area contributed by atoms with Gasteiger partial charge in [0.05, 0.1) is 0 Å². The largest absolute Gasteiger partial charge is 0.396 e. The zero-order valence-corrected chi connectivity index (χ0v) is 12.9. The quantitative estimate of drug-likeness (QED) is 0.664. The molecule has 1 N–H and O–H groups in total. The summed E-state index contributed by atoms with van der Waals surface area (Å²) in [6.45, 7) is 2.57. The minimum absolute atomic E-state index is 0.313. The maximum atomic E-state index is 8.84. The Morgan fingerprint density at radius 3 is 2.50 bits per heavy atom. The van der Waals surface area contributed by atoms with E-state index >= 15 is 0 Å². The first-order chi connectivity index (χ1) is 9.74. The third-order valence-corrected chi connectivity index (χ3v) is 4.24. The molecule has 0 radical (unpaired) electrons. The van der Waals surface area contributed by atoms with E-state index < -0.39 is 0 Å². The van der Waals surface area contributed by atoms with Crippen LogP contribution in [0.1, 0.15) is 50.5 Å². The van der Waals surface area contributed by atoms with E-state index in [-0.39, 0.29) is 0 Å². The number of rotatable bonds is 7. The molecule has 2 aromatic rings. The molecule has 2 aromatic carbocycles. The van der Waals surface area contributed by atoms with Gasteiger partial charge in [0, 0.05) is 11.6 Å². The number of benzene rings is 2. The highest BCUT2D eigenvalue weighted by Gasteiger charge is 2.09. The molecule has 1 atom stereocenters. The Bertz CT molecular complexity index is 550. The van der Waals surface area contributed by atoms with Crippen LogP contribution in [-0.2, 0) is 0 Å². The van der Waals surface area contributed by atoms with Crippen molar-refractivity contribution >= 4 is 22.4 Å². The van der Waals surface area contributed by atoms with Crippen molar-refractivity contribution in [2.24, 2.45) is 0 Å². The van der Waals surface area contributed by atoms with Gasteiger partial charge in [-0.1, -0.05) is 55.6 Å². The Morgan fingerprint density at radius 2 is 1.75 bits per heavy atom. The lowest BCUT2D eigenvalue weighted by atomic mass is 9.89. The van der Waals surface area contributed by atoms with Crippen LogP contribution in [-0.4, -0.2) is 11.7 Å². The summed E-state index contributed by atoms with van der Waals surface area (Å²) in [4.78, 5) is 0. The van der Waals surface area contributed by atoms with Gasteiger partial charge in [-0.05, 0) is 53.6 Å². The lowest BCUT2D eigenvalue weighted by Crippen LogP contribution is -1.98. The minimum atomic E-state index is 0.313. The molecule has 0 heterocycles. The van der Waals surface area contributed by atoms with Gasteiger partial charge in [-0.2, -0.15) is 0 Å². The maximum Gasteiger partial charge on any atom is 0.0431 e. The highest BCUT2D eigenvalue weighted by molar-refractivity contribution is 6.31. The third kappa shape index (κ3) is 3.97. The average molecular weight is 291 g/mol. The summed E-state index contributed by atoms with van der Waals surface area (Å²) in [5.41, 5.74) is 1.42. The molecule has 0 aliphatic rings. The molecule has 108 valence electrons. The summed E-state index contributed by atoms with van der Waals surface area (Å²) in [7, 11) is 0. The van der Waals surface area contributed by atoms with Gasteiger partial charge >= 0.3 is 0 Å². The molecule has 0 aliphatic heterocycles. The van der Waals surface area contributed by atoms with Gasteiger partial charge in [0.15, 0.2) is 0 Å². The van der Waals surface area contributed by atoms with Crippen LogP contribution in [0.2, 0.25) is 5.02 Å². The van der Waals surface area contributed by atoms with E-state index in [0.29, 0.717) is 12.5 Å². The predicted molar refractivity (Wildman–Crippen MR) is 87.5 cm³/mol. The lowest BCUT2D eigenvalue weighted by Gasteiger charge is -2.16. The number of aliphatic hydroxyl groups is 1. The van der Waals surface area contributed by atoms with Crippen molar-refractivity contribution in [3.63, 3.8) is 0 Å². The minimum Gasteiger partial charge on any atom is -0.396 e. The number of aliphatic hydroxyl groups excluding tert-OH is 1. The van der Waals surface area contributed by atoms with Crippen LogP contribution in [0, 0.1) is 0 Å². The predicted octanol–water partition coefficient (Wildman–Crippen LogP) is 5.54. The van der Waals surface area contributed by atoms with Gasteiger partial charge in [0.25, 0.3) is 0 Å². The number of hydrogen-bond donors (Lipinski definition) is 1. The topological polar surface area (TPSA) is 20.2 Å². The van der Waals surface area contributed by atoms with Crippen LogP contribution in [0.3, 0.4) is 0 Å². The van der Waals surface area contributed by atoms with E-state index in [1.165, 1.54) is 29.2 Å². The van der Waals surface area contributed by atoms with Crippen molar-refractivity contribution in [3.05, 3.63) is 47.0 Å².